The van der Waals surface area contributed by atoms with E-state index in [0.717, 1.165) is 5.56 Å². The SMILES string of the molecule is NCc1ccccc1Nc1nc(N)c2ncn([C@@H]3O[C@H](CNS(=O)(=O)NC(=O)c4ccccc4N)[C@@H](O)[C@H]3O)c2n1. The molecule has 16 nitrogen and oxygen atoms in total. The van der Waals surface area contributed by atoms with Gasteiger partial charge in [-0.1, -0.05) is 30.3 Å². The van der Waals surface area contributed by atoms with Gasteiger partial charge >= 0.3 is 10.2 Å². The van der Waals surface area contributed by atoms with Crippen molar-refractivity contribution in [3.63, 3.8) is 0 Å². The van der Waals surface area contributed by atoms with Crippen molar-refractivity contribution in [1.29, 1.82) is 0 Å². The fourth-order valence-corrected chi connectivity index (χ4v) is 5.17. The van der Waals surface area contributed by atoms with E-state index in [1.165, 1.54) is 29.1 Å². The van der Waals surface area contributed by atoms with Gasteiger partial charge in [-0.2, -0.15) is 23.1 Å². The van der Waals surface area contributed by atoms with Crippen LogP contribution in [0.5, 0.6) is 0 Å². The number of aliphatic hydroxyl groups excluding tert-OH is 2. The summed E-state index contributed by atoms with van der Waals surface area (Å²) in [6.45, 7) is -0.206. The number of nitrogens with zero attached hydrogens (tertiary/aromatic N) is 4. The first-order chi connectivity index (χ1) is 19.6. The number of carbonyl (C=O) groups is 1. The fraction of sp³-hybridized carbons (Fsp3) is 0.250. The van der Waals surface area contributed by atoms with Gasteiger partial charge in [0.05, 0.1) is 11.9 Å². The van der Waals surface area contributed by atoms with Gasteiger partial charge in [-0.25, -0.2) is 9.71 Å². The summed E-state index contributed by atoms with van der Waals surface area (Å²) in [6, 6.07) is 13.3. The zero-order valence-electron chi connectivity index (χ0n) is 21.4. The monoisotopic (exact) mass is 584 g/mol. The van der Waals surface area contributed by atoms with Gasteiger partial charge in [0.1, 0.15) is 23.8 Å². The molecule has 1 aliphatic heterocycles. The van der Waals surface area contributed by atoms with Crippen LogP contribution in [0.25, 0.3) is 11.2 Å². The van der Waals surface area contributed by atoms with Gasteiger partial charge in [-0.15, -0.1) is 0 Å². The van der Waals surface area contributed by atoms with Crippen molar-refractivity contribution in [2.75, 3.05) is 23.3 Å². The van der Waals surface area contributed by atoms with Gasteiger partial charge in [-0.3, -0.25) is 9.36 Å². The van der Waals surface area contributed by atoms with Crippen LogP contribution < -0.4 is 32.0 Å². The largest absolute Gasteiger partial charge is 0.398 e. The minimum Gasteiger partial charge on any atom is -0.398 e. The zero-order valence-corrected chi connectivity index (χ0v) is 22.2. The molecule has 1 amide bonds. The molecule has 3 heterocycles. The van der Waals surface area contributed by atoms with E-state index in [1.807, 2.05) is 22.9 Å². The predicted molar refractivity (Wildman–Crippen MR) is 149 cm³/mol. The summed E-state index contributed by atoms with van der Waals surface area (Å²) >= 11 is 0. The number of hydrogen-bond acceptors (Lipinski definition) is 13. The van der Waals surface area contributed by atoms with Crippen LogP contribution in [-0.2, 0) is 21.5 Å². The number of aromatic nitrogens is 4. The molecule has 0 radical (unpaired) electrons. The molecule has 17 heteroatoms. The highest BCUT2D eigenvalue weighted by Crippen LogP contribution is 2.32. The van der Waals surface area contributed by atoms with Crippen LogP contribution in [-0.4, -0.2) is 68.9 Å². The molecular formula is C24H28N10O6S. The Labute approximate surface area is 233 Å². The Balaban J connectivity index is 1.32. The van der Waals surface area contributed by atoms with Crippen LogP contribution in [0.15, 0.2) is 54.9 Å². The standard InChI is InChI=1S/C24H28N10O6S/c25-9-12-5-1-4-8-15(12)30-24-31-20(27)17-21(32-24)34(11-28-17)23-19(36)18(35)16(40-23)10-29-41(38,39)33-22(37)13-6-2-3-7-14(13)26/h1-8,11,16,18-19,23,29,35-36H,9-10,25-26H2,(H,33,37)(H3,27,30,31,32)/t16-,18-,19-,23-/m1/s1. The quantitative estimate of drug-likeness (QED) is 0.111. The summed E-state index contributed by atoms with van der Waals surface area (Å²) in [6.07, 6.45) is -4.10. The molecule has 4 aromatic rings. The number of para-hydroxylation sites is 2. The van der Waals surface area contributed by atoms with Crippen LogP contribution >= 0.6 is 0 Å². The first kappa shape index (κ1) is 28.1. The van der Waals surface area contributed by atoms with Crippen LogP contribution in [0, 0.1) is 0 Å². The van der Waals surface area contributed by atoms with Crippen molar-refractivity contribution in [3.05, 3.63) is 66.0 Å². The second-order valence-electron chi connectivity index (χ2n) is 9.16. The third-order valence-electron chi connectivity index (χ3n) is 6.45. The number of nitrogens with one attached hydrogen (secondary N) is 3. The lowest BCUT2D eigenvalue weighted by Crippen LogP contribution is -2.45. The summed E-state index contributed by atoms with van der Waals surface area (Å²) in [7, 11) is -4.38. The number of benzene rings is 2. The maximum Gasteiger partial charge on any atom is 0.301 e. The lowest BCUT2D eigenvalue weighted by molar-refractivity contribution is -0.0330. The summed E-state index contributed by atoms with van der Waals surface area (Å²) in [4.78, 5) is 25.3. The van der Waals surface area contributed by atoms with Gasteiger partial charge in [0.25, 0.3) is 5.91 Å². The Morgan fingerprint density at radius 1 is 1.05 bits per heavy atom. The van der Waals surface area contributed by atoms with E-state index in [-0.39, 0.29) is 40.7 Å². The molecule has 41 heavy (non-hydrogen) atoms. The molecule has 0 saturated carbocycles. The average molecular weight is 585 g/mol. The number of carbonyl (C=O) groups excluding carboxylic acids is 1. The first-order valence-electron chi connectivity index (χ1n) is 12.3. The Hall–Kier alpha value is -4.39. The van der Waals surface area contributed by atoms with Crippen LogP contribution in [0.4, 0.5) is 23.1 Å². The number of hydrogen-bond donors (Lipinski definition) is 8. The smallest absolute Gasteiger partial charge is 0.301 e. The molecule has 11 N–H and O–H groups in total. The van der Waals surface area contributed by atoms with Gasteiger partial charge < -0.3 is 37.5 Å². The molecule has 0 aliphatic carbocycles. The number of ether oxygens (including phenoxy) is 1. The molecule has 0 spiro atoms. The number of fused-ring (bicyclic) bond motifs is 1. The number of nitrogens with two attached hydrogens (primary N) is 3. The predicted octanol–water partition coefficient (Wildman–Crippen LogP) is -0.923. The normalized spacial score (nSPS) is 20.8. The number of aliphatic hydroxyl groups is 2. The van der Waals surface area contributed by atoms with Crippen LogP contribution in [0.1, 0.15) is 22.1 Å². The van der Waals surface area contributed by atoms with E-state index in [4.69, 9.17) is 21.9 Å². The van der Waals surface area contributed by atoms with Crippen molar-refractivity contribution in [2.45, 2.75) is 31.1 Å². The van der Waals surface area contributed by atoms with Gasteiger partial charge in [0, 0.05) is 24.5 Å². The molecular weight excluding hydrogens is 556 g/mol. The molecule has 2 aromatic carbocycles. The second kappa shape index (κ2) is 11.2. The van der Waals surface area contributed by atoms with Crippen molar-refractivity contribution in [2.24, 2.45) is 5.73 Å². The third-order valence-corrected chi connectivity index (χ3v) is 7.45. The summed E-state index contributed by atoms with van der Waals surface area (Å²) < 4.78 is 36.1. The number of nitrogen functional groups attached to an aromatic ring is 2. The average Bonchev–Trinajstić information content (AvgIpc) is 3.48. The molecule has 216 valence electrons. The van der Waals surface area contributed by atoms with E-state index in [0.29, 0.717) is 5.69 Å². The zero-order chi connectivity index (χ0) is 29.3. The molecule has 1 aliphatic rings. The van der Waals surface area contributed by atoms with Crippen LogP contribution in [0.2, 0.25) is 0 Å². The van der Waals surface area contributed by atoms with E-state index >= 15 is 0 Å². The molecule has 0 unspecified atom stereocenters. The minimum atomic E-state index is -4.38. The number of imidazole rings is 1. The third kappa shape index (κ3) is 5.75. The number of anilines is 4. The van der Waals surface area contributed by atoms with Gasteiger partial charge in [-0.05, 0) is 23.8 Å². The molecule has 2 aromatic heterocycles. The lowest BCUT2D eigenvalue weighted by Gasteiger charge is -2.17. The minimum absolute atomic E-state index is 0.0286. The number of rotatable bonds is 9. The molecule has 0 bridgehead atoms. The summed E-state index contributed by atoms with van der Waals surface area (Å²) in [5.74, 6) is -0.763. The first-order valence-corrected chi connectivity index (χ1v) is 13.8. The lowest BCUT2D eigenvalue weighted by atomic mass is 10.1. The van der Waals surface area contributed by atoms with E-state index in [9.17, 15) is 23.4 Å². The van der Waals surface area contributed by atoms with Gasteiger partial charge in [0.15, 0.2) is 17.7 Å². The van der Waals surface area contributed by atoms with E-state index < -0.39 is 47.2 Å². The fourth-order valence-electron chi connectivity index (χ4n) is 4.36. The second-order valence-corrected chi connectivity index (χ2v) is 10.7. The Morgan fingerprint density at radius 2 is 1.78 bits per heavy atom. The maximum absolute atomic E-state index is 12.5. The molecule has 1 saturated heterocycles. The van der Waals surface area contributed by atoms with Gasteiger partial charge in [0.2, 0.25) is 5.95 Å². The molecule has 4 atom stereocenters. The highest BCUT2D eigenvalue weighted by atomic mass is 32.2. The maximum atomic E-state index is 12.5. The van der Waals surface area contributed by atoms with Crippen molar-refractivity contribution >= 4 is 50.4 Å². The highest BCUT2D eigenvalue weighted by Gasteiger charge is 2.44. The Morgan fingerprint density at radius 3 is 2.54 bits per heavy atom. The molecule has 1 fully saturated rings. The van der Waals surface area contributed by atoms with E-state index in [1.54, 1.807) is 12.1 Å². The Kier molecular flexibility index (Phi) is 7.72. The number of amides is 1. The highest BCUT2D eigenvalue weighted by molar-refractivity contribution is 7.88. The van der Waals surface area contributed by atoms with E-state index in [2.05, 4.69) is 25.0 Å². The summed E-state index contributed by atoms with van der Waals surface area (Å²) in [5.41, 5.74) is 19.6. The topological polar surface area (TPSA) is 259 Å². The Bertz CT molecular complexity index is 1700. The van der Waals surface area contributed by atoms with Crippen LogP contribution in [0.3, 0.4) is 0 Å². The summed E-state index contributed by atoms with van der Waals surface area (Å²) in [5, 5.41) is 24.5. The molecule has 5 rings (SSSR count). The van der Waals surface area contributed by atoms with Crippen molar-refractivity contribution in [1.82, 2.24) is 29.0 Å². The van der Waals surface area contributed by atoms with Crippen molar-refractivity contribution in [3.8, 4) is 0 Å². The van der Waals surface area contributed by atoms with Crippen molar-refractivity contribution < 1.29 is 28.2 Å².